The third-order valence-corrected chi connectivity index (χ3v) is 3.18. The molecule has 0 saturated heterocycles. The zero-order chi connectivity index (χ0) is 17.2. The number of hydrogen-bond donors (Lipinski definition) is 2. The standard InChI is InChI=1S/C17H26N2O4/c1-12(2)10-23-17(21)19-9-8-18-16(20)11-22-15-7-5-6-13(3)14(15)4/h5-7,12H,8-11H2,1-4H3,(H,18,20)(H,19,21). The molecule has 0 bridgehead atoms. The van der Waals surface area contributed by atoms with Gasteiger partial charge in [-0.1, -0.05) is 26.0 Å². The van der Waals surface area contributed by atoms with Crippen molar-refractivity contribution in [3.8, 4) is 5.75 Å². The summed E-state index contributed by atoms with van der Waals surface area (Å²) in [6.45, 7) is 8.83. The van der Waals surface area contributed by atoms with Crippen molar-refractivity contribution in [1.29, 1.82) is 0 Å². The Hall–Kier alpha value is -2.24. The number of rotatable bonds is 8. The van der Waals surface area contributed by atoms with Crippen LogP contribution in [-0.4, -0.2) is 38.3 Å². The van der Waals surface area contributed by atoms with Gasteiger partial charge in [0, 0.05) is 13.1 Å². The maximum atomic E-state index is 11.7. The Morgan fingerprint density at radius 2 is 1.83 bits per heavy atom. The molecule has 0 aliphatic heterocycles. The summed E-state index contributed by atoms with van der Waals surface area (Å²) >= 11 is 0. The molecule has 0 heterocycles. The smallest absolute Gasteiger partial charge is 0.407 e. The molecule has 0 fully saturated rings. The summed E-state index contributed by atoms with van der Waals surface area (Å²) in [5, 5.41) is 5.24. The van der Waals surface area contributed by atoms with Gasteiger partial charge in [-0.2, -0.15) is 0 Å². The van der Waals surface area contributed by atoms with E-state index < -0.39 is 6.09 Å². The summed E-state index contributed by atoms with van der Waals surface area (Å²) < 4.78 is 10.5. The highest BCUT2D eigenvalue weighted by Gasteiger charge is 2.06. The van der Waals surface area contributed by atoms with Crippen LogP contribution in [0.5, 0.6) is 5.75 Å². The third kappa shape index (κ3) is 7.54. The van der Waals surface area contributed by atoms with Crippen molar-refractivity contribution >= 4 is 12.0 Å². The van der Waals surface area contributed by atoms with E-state index in [9.17, 15) is 9.59 Å². The molecule has 0 radical (unpaired) electrons. The van der Waals surface area contributed by atoms with Crippen LogP contribution in [0.1, 0.15) is 25.0 Å². The van der Waals surface area contributed by atoms with Crippen LogP contribution in [0.2, 0.25) is 0 Å². The van der Waals surface area contributed by atoms with Crippen LogP contribution in [0.3, 0.4) is 0 Å². The average Bonchev–Trinajstić information content (AvgIpc) is 2.51. The van der Waals surface area contributed by atoms with Gasteiger partial charge in [-0.25, -0.2) is 4.79 Å². The topological polar surface area (TPSA) is 76.7 Å². The molecule has 1 aromatic carbocycles. The van der Waals surface area contributed by atoms with Crippen LogP contribution >= 0.6 is 0 Å². The molecule has 1 rings (SSSR count). The summed E-state index contributed by atoms with van der Waals surface area (Å²) in [5.41, 5.74) is 2.14. The molecule has 1 aromatic rings. The van der Waals surface area contributed by atoms with E-state index in [1.165, 1.54) is 0 Å². The first kappa shape index (κ1) is 18.8. The van der Waals surface area contributed by atoms with Crippen molar-refractivity contribution in [3.63, 3.8) is 0 Å². The van der Waals surface area contributed by atoms with Gasteiger partial charge in [-0.15, -0.1) is 0 Å². The SMILES string of the molecule is Cc1cccc(OCC(=O)NCCNC(=O)OCC(C)C)c1C. The zero-order valence-corrected chi connectivity index (χ0v) is 14.3. The Kier molecular flexibility index (Phi) is 7.94. The minimum atomic E-state index is -0.473. The van der Waals surface area contributed by atoms with Crippen LogP contribution < -0.4 is 15.4 Å². The van der Waals surface area contributed by atoms with E-state index in [2.05, 4.69) is 10.6 Å². The van der Waals surface area contributed by atoms with Gasteiger partial charge in [-0.05, 0) is 37.0 Å². The first-order valence-electron chi connectivity index (χ1n) is 7.76. The number of carbonyl (C=O) groups excluding carboxylic acids is 2. The van der Waals surface area contributed by atoms with Crippen LogP contribution in [0.4, 0.5) is 4.79 Å². The van der Waals surface area contributed by atoms with Crippen molar-refractivity contribution in [2.75, 3.05) is 26.3 Å². The Bertz CT molecular complexity index is 529. The molecule has 0 unspecified atom stereocenters. The van der Waals surface area contributed by atoms with Gasteiger partial charge in [-0.3, -0.25) is 4.79 Å². The number of hydrogen-bond acceptors (Lipinski definition) is 4. The summed E-state index contributed by atoms with van der Waals surface area (Å²) in [6, 6.07) is 5.72. The number of carbonyl (C=O) groups is 2. The number of amides is 2. The van der Waals surface area contributed by atoms with E-state index in [1.54, 1.807) is 0 Å². The van der Waals surface area contributed by atoms with Gasteiger partial charge in [0.25, 0.3) is 5.91 Å². The van der Waals surface area contributed by atoms with E-state index in [4.69, 9.17) is 9.47 Å². The van der Waals surface area contributed by atoms with Gasteiger partial charge in [0.1, 0.15) is 5.75 Å². The summed E-state index contributed by atoms with van der Waals surface area (Å²) in [4.78, 5) is 23.0. The van der Waals surface area contributed by atoms with E-state index in [1.807, 2.05) is 45.9 Å². The lowest BCUT2D eigenvalue weighted by Crippen LogP contribution is -2.37. The highest BCUT2D eigenvalue weighted by molar-refractivity contribution is 5.77. The lowest BCUT2D eigenvalue weighted by atomic mass is 10.1. The van der Waals surface area contributed by atoms with Crippen LogP contribution in [0, 0.1) is 19.8 Å². The molecule has 6 heteroatoms. The first-order chi connectivity index (χ1) is 10.9. The van der Waals surface area contributed by atoms with Crippen molar-refractivity contribution < 1.29 is 19.1 Å². The number of nitrogens with one attached hydrogen (secondary N) is 2. The lowest BCUT2D eigenvalue weighted by Gasteiger charge is -2.11. The predicted molar refractivity (Wildman–Crippen MR) is 88.6 cm³/mol. The van der Waals surface area contributed by atoms with E-state index >= 15 is 0 Å². The largest absolute Gasteiger partial charge is 0.483 e. The number of benzene rings is 1. The third-order valence-electron chi connectivity index (χ3n) is 3.18. The molecule has 0 aliphatic rings. The summed E-state index contributed by atoms with van der Waals surface area (Å²) in [6.07, 6.45) is -0.473. The molecular weight excluding hydrogens is 296 g/mol. The molecule has 0 saturated carbocycles. The highest BCUT2D eigenvalue weighted by atomic mass is 16.5. The van der Waals surface area contributed by atoms with Gasteiger partial charge in [0.05, 0.1) is 6.61 Å². The number of aryl methyl sites for hydroxylation is 1. The Labute approximate surface area is 137 Å². The number of alkyl carbamates (subject to hydrolysis) is 1. The fraction of sp³-hybridized carbons (Fsp3) is 0.529. The molecule has 0 spiro atoms. The van der Waals surface area contributed by atoms with Gasteiger partial charge < -0.3 is 20.1 Å². The van der Waals surface area contributed by atoms with E-state index in [0.29, 0.717) is 31.4 Å². The van der Waals surface area contributed by atoms with Gasteiger partial charge >= 0.3 is 6.09 Å². The molecule has 0 aliphatic carbocycles. The molecular formula is C17H26N2O4. The Balaban J connectivity index is 2.17. The molecule has 6 nitrogen and oxygen atoms in total. The molecule has 128 valence electrons. The Morgan fingerprint density at radius 1 is 1.13 bits per heavy atom. The lowest BCUT2D eigenvalue weighted by molar-refractivity contribution is -0.123. The van der Waals surface area contributed by atoms with E-state index in [0.717, 1.165) is 11.1 Å². The van der Waals surface area contributed by atoms with Crippen LogP contribution in [0.15, 0.2) is 18.2 Å². The maximum Gasteiger partial charge on any atom is 0.407 e. The minimum Gasteiger partial charge on any atom is -0.483 e. The molecule has 0 aromatic heterocycles. The second-order valence-corrected chi connectivity index (χ2v) is 5.76. The first-order valence-corrected chi connectivity index (χ1v) is 7.76. The predicted octanol–water partition coefficient (Wildman–Crippen LogP) is 2.18. The second kappa shape index (κ2) is 9.71. The van der Waals surface area contributed by atoms with Crippen molar-refractivity contribution in [2.24, 2.45) is 5.92 Å². The normalized spacial score (nSPS) is 10.3. The average molecular weight is 322 g/mol. The van der Waals surface area contributed by atoms with Crippen molar-refractivity contribution in [2.45, 2.75) is 27.7 Å². The molecule has 23 heavy (non-hydrogen) atoms. The fourth-order valence-electron chi connectivity index (χ4n) is 1.73. The van der Waals surface area contributed by atoms with Crippen molar-refractivity contribution in [3.05, 3.63) is 29.3 Å². The fourth-order valence-corrected chi connectivity index (χ4v) is 1.73. The number of ether oxygens (including phenoxy) is 2. The molecule has 0 atom stereocenters. The maximum absolute atomic E-state index is 11.7. The second-order valence-electron chi connectivity index (χ2n) is 5.76. The summed E-state index contributed by atoms with van der Waals surface area (Å²) in [5.74, 6) is 0.765. The zero-order valence-electron chi connectivity index (χ0n) is 14.3. The molecule has 2 N–H and O–H groups in total. The van der Waals surface area contributed by atoms with E-state index in [-0.39, 0.29) is 12.5 Å². The van der Waals surface area contributed by atoms with Crippen LogP contribution in [0.25, 0.3) is 0 Å². The minimum absolute atomic E-state index is 0.0535. The van der Waals surface area contributed by atoms with Gasteiger partial charge in [0.2, 0.25) is 0 Å². The highest BCUT2D eigenvalue weighted by Crippen LogP contribution is 2.20. The monoisotopic (exact) mass is 322 g/mol. The van der Waals surface area contributed by atoms with Crippen LogP contribution in [-0.2, 0) is 9.53 Å². The summed E-state index contributed by atoms with van der Waals surface area (Å²) in [7, 11) is 0. The molecule has 2 amide bonds. The van der Waals surface area contributed by atoms with Crippen molar-refractivity contribution in [1.82, 2.24) is 10.6 Å². The van der Waals surface area contributed by atoms with Gasteiger partial charge in [0.15, 0.2) is 6.61 Å². The Morgan fingerprint density at radius 3 is 2.52 bits per heavy atom. The quantitative estimate of drug-likeness (QED) is 0.719.